The smallest absolute Gasteiger partial charge is 0.357 e. The van der Waals surface area contributed by atoms with Crippen molar-refractivity contribution < 1.29 is 18.3 Å². The van der Waals surface area contributed by atoms with Crippen molar-refractivity contribution in [2.75, 3.05) is 7.11 Å². The third-order valence-corrected chi connectivity index (χ3v) is 2.29. The maximum Gasteiger partial charge on any atom is 0.357 e. The third kappa shape index (κ3) is 2.68. The normalized spacial score (nSPS) is 10.1. The van der Waals surface area contributed by atoms with Gasteiger partial charge in [0.05, 0.1) is 13.0 Å². The number of ether oxygens (including phenoxy) is 1. The zero-order valence-corrected chi connectivity index (χ0v) is 9.46. The summed E-state index contributed by atoms with van der Waals surface area (Å²) in [7, 11) is 1.09. The highest BCUT2D eigenvalue weighted by molar-refractivity contribution is 6.17. The predicted molar refractivity (Wildman–Crippen MR) is 54.8 cm³/mol. The summed E-state index contributed by atoms with van der Waals surface area (Å²) >= 11 is 5.51. The first-order valence-electron chi connectivity index (χ1n) is 4.41. The Hall–Kier alpha value is -1.74. The van der Waals surface area contributed by atoms with Crippen LogP contribution in [0, 0.1) is 11.3 Å². The van der Waals surface area contributed by atoms with E-state index in [0.717, 1.165) is 13.2 Å². The first-order chi connectivity index (χ1) is 8.04. The lowest BCUT2D eigenvalue weighted by atomic mass is 10.1. The van der Waals surface area contributed by atoms with E-state index in [0.29, 0.717) is 0 Å². The lowest BCUT2D eigenvalue weighted by molar-refractivity contribution is 0.0592. The number of aromatic nitrogens is 1. The van der Waals surface area contributed by atoms with Crippen molar-refractivity contribution in [2.45, 2.75) is 12.3 Å². The molecule has 90 valence electrons. The second-order valence-electron chi connectivity index (χ2n) is 2.96. The van der Waals surface area contributed by atoms with Crippen LogP contribution >= 0.6 is 11.6 Å². The number of nitriles is 1. The van der Waals surface area contributed by atoms with Gasteiger partial charge in [-0.2, -0.15) is 5.26 Å². The van der Waals surface area contributed by atoms with Crippen LogP contribution in [-0.2, 0) is 10.6 Å². The molecule has 0 saturated carbocycles. The number of halogens is 3. The van der Waals surface area contributed by atoms with Gasteiger partial charge >= 0.3 is 5.97 Å². The van der Waals surface area contributed by atoms with Crippen molar-refractivity contribution in [1.82, 2.24) is 4.98 Å². The molecule has 0 spiro atoms. The first-order valence-corrected chi connectivity index (χ1v) is 4.95. The summed E-state index contributed by atoms with van der Waals surface area (Å²) in [4.78, 5) is 15.0. The third-order valence-electron chi connectivity index (χ3n) is 2.02. The maximum absolute atomic E-state index is 12.7. The van der Waals surface area contributed by atoms with E-state index >= 15 is 0 Å². The van der Waals surface area contributed by atoms with Crippen molar-refractivity contribution in [2.24, 2.45) is 0 Å². The van der Waals surface area contributed by atoms with Crippen molar-refractivity contribution in [3.05, 3.63) is 28.6 Å². The highest BCUT2D eigenvalue weighted by Crippen LogP contribution is 2.27. The molecule has 0 aliphatic carbocycles. The van der Waals surface area contributed by atoms with Gasteiger partial charge in [0.15, 0.2) is 5.69 Å². The molecule has 0 aromatic carbocycles. The molecule has 0 aliphatic rings. The number of methoxy groups -OCH3 is 1. The molecule has 0 N–H and O–H groups in total. The van der Waals surface area contributed by atoms with E-state index in [1.54, 1.807) is 6.07 Å². The fourth-order valence-corrected chi connectivity index (χ4v) is 1.53. The number of hydrogen-bond acceptors (Lipinski definition) is 4. The molecule has 1 aromatic heterocycles. The Morgan fingerprint density at radius 3 is 2.76 bits per heavy atom. The van der Waals surface area contributed by atoms with E-state index < -0.39 is 18.0 Å². The fourth-order valence-electron chi connectivity index (χ4n) is 1.25. The summed E-state index contributed by atoms with van der Waals surface area (Å²) in [5.74, 6) is -1.22. The molecule has 0 fully saturated rings. The molecule has 0 bridgehead atoms. The minimum atomic E-state index is -2.85. The summed E-state index contributed by atoms with van der Waals surface area (Å²) in [5, 5.41) is 8.64. The second kappa shape index (κ2) is 5.55. The van der Waals surface area contributed by atoms with Crippen LogP contribution < -0.4 is 0 Å². The van der Waals surface area contributed by atoms with Gasteiger partial charge in [0.1, 0.15) is 11.8 Å². The van der Waals surface area contributed by atoms with Crippen molar-refractivity contribution >= 4 is 17.6 Å². The number of pyridine rings is 1. The van der Waals surface area contributed by atoms with E-state index in [1.165, 1.54) is 0 Å². The molecule has 7 heteroatoms. The zero-order chi connectivity index (χ0) is 13.0. The predicted octanol–water partition coefficient (Wildman–Crippen LogP) is 2.42. The van der Waals surface area contributed by atoms with E-state index in [1.807, 2.05) is 0 Å². The van der Waals surface area contributed by atoms with Gasteiger partial charge in [-0.1, -0.05) is 0 Å². The van der Waals surface area contributed by atoms with Crippen LogP contribution in [0.5, 0.6) is 0 Å². The van der Waals surface area contributed by atoms with E-state index in [9.17, 15) is 13.6 Å². The Morgan fingerprint density at radius 2 is 2.35 bits per heavy atom. The lowest BCUT2D eigenvalue weighted by Crippen LogP contribution is -2.12. The molecule has 0 atom stereocenters. The molecule has 17 heavy (non-hydrogen) atoms. The van der Waals surface area contributed by atoms with Crippen LogP contribution in [0.2, 0.25) is 0 Å². The molecular formula is C10H7ClF2N2O2. The Balaban J connectivity index is 3.51. The zero-order valence-electron chi connectivity index (χ0n) is 8.71. The number of rotatable bonds is 3. The Kier molecular flexibility index (Phi) is 4.35. The van der Waals surface area contributed by atoms with E-state index in [4.69, 9.17) is 16.9 Å². The van der Waals surface area contributed by atoms with E-state index in [2.05, 4.69) is 9.72 Å². The van der Waals surface area contributed by atoms with Crippen LogP contribution in [0.3, 0.4) is 0 Å². The van der Waals surface area contributed by atoms with Gasteiger partial charge in [-0.15, -0.1) is 11.6 Å². The molecule has 1 aromatic rings. The number of carbonyl (C=O) groups excluding carboxylic acids is 1. The average Bonchev–Trinajstić information content (AvgIpc) is 2.35. The van der Waals surface area contributed by atoms with Crippen LogP contribution in [0.1, 0.15) is 33.7 Å². The van der Waals surface area contributed by atoms with Gasteiger partial charge in [-0.3, -0.25) is 0 Å². The molecule has 0 unspecified atom stereocenters. The summed E-state index contributed by atoms with van der Waals surface area (Å²) in [6.07, 6.45) is -2.85. The highest BCUT2D eigenvalue weighted by Gasteiger charge is 2.23. The van der Waals surface area contributed by atoms with Gasteiger partial charge in [0.25, 0.3) is 6.43 Å². The number of esters is 1. The highest BCUT2D eigenvalue weighted by atomic mass is 35.5. The monoisotopic (exact) mass is 260 g/mol. The number of hydrogen-bond donors (Lipinski definition) is 0. The van der Waals surface area contributed by atoms with Gasteiger partial charge in [-0.05, 0) is 6.07 Å². The van der Waals surface area contributed by atoms with Gasteiger partial charge < -0.3 is 4.74 Å². The van der Waals surface area contributed by atoms with Crippen molar-refractivity contribution in [3.63, 3.8) is 0 Å². The number of carbonyl (C=O) groups is 1. The molecule has 4 nitrogen and oxygen atoms in total. The summed E-state index contributed by atoms with van der Waals surface area (Å²) in [5.41, 5.74) is -1.23. The molecule has 0 aliphatic heterocycles. The Morgan fingerprint density at radius 1 is 1.71 bits per heavy atom. The minimum absolute atomic E-state index is 0.118. The van der Waals surface area contributed by atoms with Crippen LogP contribution in [0.15, 0.2) is 6.07 Å². The molecule has 0 saturated heterocycles. The van der Waals surface area contributed by atoms with Crippen molar-refractivity contribution in [3.8, 4) is 6.07 Å². The number of alkyl halides is 3. The SMILES string of the molecule is COC(=O)c1nc(C#N)cc(C(F)F)c1CCl. The van der Waals surface area contributed by atoms with Gasteiger partial charge in [0.2, 0.25) is 0 Å². The Labute approximate surface area is 101 Å². The summed E-state index contributed by atoms with van der Waals surface area (Å²) < 4.78 is 29.9. The molecule has 1 rings (SSSR count). The fraction of sp³-hybridized carbons (Fsp3) is 0.300. The van der Waals surface area contributed by atoms with Gasteiger partial charge in [-0.25, -0.2) is 18.6 Å². The number of nitrogens with zero attached hydrogens (tertiary/aromatic N) is 2. The topological polar surface area (TPSA) is 63.0 Å². The molecule has 0 radical (unpaired) electrons. The van der Waals surface area contributed by atoms with E-state index in [-0.39, 0.29) is 22.8 Å². The second-order valence-corrected chi connectivity index (χ2v) is 3.23. The maximum atomic E-state index is 12.7. The van der Waals surface area contributed by atoms with Gasteiger partial charge in [0, 0.05) is 11.1 Å². The lowest BCUT2D eigenvalue weighted by Gasteiger charge is -2.10. The first kappa shape index (κ1) is 13.3. The molecular weight excluding hydrogens is 254 g/mol. The van der Waals surface area contributed by atoms with Crippen molar-refractivity contribution in [1.29, 1.82) is 5.26 Å². The quantitative estimate of drug-likeness (QED) is 0.618. The molecule has 1 heterocycles. The minimum Gasteiger partial charge on any atom is -0.464 e. The molecule has 0 amide bonds. The summed E-state index contributed by atoms with van der Waals surface area (Å²) in [6, 6.07) is 2.51. The van der Waals surface area contributed by atoms with Crippen LogP contribution in [0.4, 0.5) is 8.78 Å². The van der Waals surface area contributed by atoms with Crippen LogP contribution in [0.25, 0.3) is 0 Å². The average molecular weight is 261 g/mol. The standard InChI is InChI=1S/C10H7ClF2N2O2/c1-17-10(16)8-7(3-11)6(9(12)13)2-5(4-14)15-8/h2,9H,3H2,1H3. The Bertz CT molecular complexity index is 486. The van der Waals surface area contributed by atoms with Crippen LogP contribution in [-0.4, -0.2) is 18.1 Å². The largest absolute Gasteiger partial charge is 0.464 e. The summed E-state index contributed by atoms with van der Waals surface area (Å²) in [6.45, 7) is 0.